The molecule has 0 saturated heterocycles. The summed E-state index contributed by atoms with van der Waals surface area (Å²) in [5.74, 6) is 4.34. The summed E-state index contributed by atoms with van der Waals surface area (Å²) in [7, 11) is 6.65. The van der Waals surface area contributed by atoms with Gasteiger partial charge >= 0.3 is 0 Å². The summed E-state index contributed by atoms with van der Waals surface area (Å²) >= 11 is 0. The molecule has 0 fully saturated rings. The molecule has 16 heteroatoms. The van der Waals surface area contributed by atoms with E-state index in [4.69, 9.17) is 77.8 Å². The lowest BCUT2D eigenvalue weighted by Gasteiger charge is -2.34. The Bertz CT molecular complexity index is 3550. The Kier molecular flexibility index (Phi) is 35.8. The molecule has 0 radical (unpaired) electrons. The van der Waals surface area contributed by atoms with Gasteiger partial charge in [-0.15, -0.1) is 0 Å². The van der Waals surface area contributed by atoms with Gasteiger partial charge in [-0.05, 0) is 178 Å². The third kappa shape index (κ3) is 27.0. The minimum Gasteiger partial charge on any atom is -0.494 e. The van der Waals surface area contributed by atoms with Crippen LogP contribution in [0.25, 0.3) is 59.7 Å². The standard InChI is InChI=1S/C87H104N2O14.CH4/c1-90-41-45-94-49-53-100-79-57-75(58-80(63-79)101-54-50-95-46-42-91-2)65-87(66-76-59-81(102-55-51-96-47-43-92-3)64-82(60-76)103-56-52-97-48-44-93-4)85-61-73(23-21-69-13-9-67(10-14-69)17-19-71-25-31-77(32-26-71)98-39-7-5-37-88)29-35-83(85)84-36-30-74(62-86(84)87)24-22-70-15-11-68(12-16-70)18-20-72-27-33-78(34-28-72)99-40-8-6-38-89;/h9-36,57-64H,5-8,37-56,65-66,88-89H2,1-4H3;1H4/b19-17+,20-18+,23-21+,24-22+;. The molecule has 0 saturated carbocycles. The van der Waals surface area contributed by atoms with E-state index >= 15 is 0 Å². The molecule has 4 N–H and O–H groups in total. The van der Waals surface area contributed by atoms with E-state index in [9.17, 15) is 0 Å². The predicted octanol–water partition coefficient (Wildman–Crippen LogP) is 16.2. The molecule has 0 heterocycles. The van der Waals surface area contributed by atoms with Gasteiger partial charge in [-0.1, -0.05) is 165 Å². The lowest BCUT2D eigenvalue weighted by Crippen LogP contribution is -2.31. The van der Waals surface area contributed by atoms with Crippen LogP contribution in [0.4, 0.5) is 0 Å². The highest BCUT2D eigenvalue weighted by atomic mass is 16.6. The lowest BCUT2D eigenvalue weighted by atomic mass is 9.69. The van der Waals surface area contributed by atoms with Crippen LogP contribution in [-0.4, -0.2) is 160 Å². The van der Waals surface area contributed by atoms with Crippen LogP contribution in [0, 0.1) is 0 Å². The Hall–Kier alpha value is -8.88. The van der Waals surface area contributed by atoms with E-state index in [1.807, 2.05) is 36.4 Å². The van der Waals surface area contributed by atoms with Crippen molar-refractivity contribution in [1.29, 1.82) is 0 Å². The number of benzene rings is 8. The van der Waals surface area contributed by atoms with Crippen molar-refractivity contribution in [3.8, 4) is 45.6 Å². The molecule has 1 aliphatic carbocycles. The van der Waals surface area contributed by atoms with Gasteiger partial charge in [0.15, 0.2) is 0 Å². The molecule has 0 bridgehead atoms. The van der Waals surface area contributed by atoms with E-state index in [0.29, 0.717) is 168 Å². The van der Waals surface area contributed by atoms with E-state index < -0.39 is 5.41 Å². The zero-order chi connectivity index (χ0) is 71.8. The number of methoxy groups -OCH3 is 4. The summed E-state index contributed by atoms with van der Waals surface area (Å²) in [6.45, 7) is 9.22. The largest absolute Gasteiger partial charge is 0.494 e. The van der Waals surface area contributed by atoms with Gasteiger partial charge in [0, 0.05) is 46.0 Å². The summed E-state index contributed by atoms with van der Waals surface area (Å²) in [5, 5.41) is 0. The zero-order valence-corrected chi connectivity index (χ0v) is 60.5. The van der Waals surface area contributed by atoms with Gasteiger partial charge in [0.25, 0.3) is 0 Å². The molecule has 8 aromatic rings. The van der Waals surface area contributed by atoms with E-state index in [1.165, 1.54) is 11.1 Å². The Labute approximate surface area is 617 Å². The van der Waals surface area contributed by atoms with Crippen molar-refractivity contribution in [2.45, 2.75) is 51.4 Å². The minimum atomic E-state index is -0.735. The molecule has 104 heavy (non-hydrogen) atoms. The van der Waals surface area contributed by atoms with E-state index in [1.54, 1.807) is 28.4 Å². The first-order valence-corrected chi connectivity index (χ1v) is 35.9. The highest BCUT2D eigenvalue weighted by molar-refractivity contribution is 5.86. The molecule has 0 spiro atoms. The van der Waals surface area contributed by atoms with Gasteiger partial charge in [0.1, 0.15) is 60.9 Å². The quantitative estimate of drug-likeness (QED) is 0.0271. The topological polar surface area (TPSA) is 181 Å². The van der Waals surface area contributed by atoms with E-state index in [2.05, 4.69) is 182 Å². The number of rotatable bonds is 50. The van der Waals surface area contributed by atoms with Gasteiger partial charge in [-0.2, -0.15) is 0 Å². The molecule has 0 aliphatic heterocycles. The van der Waals surface area contributed by atoms with Crippen LogP contribution in [0.2, 0.25) is 0 Å². The Morgan fingerprint density at radius 1 is 0.260 bits per heavy atom. The molecule has 9 rings (SSSR count). The van der Waals surface area contributed by atoms with Crippen molar-refractivity contribution in [1.82, 2.24) is 0 Å². The maximum absolute atomic E-state index is 6.56. The Balaban J connectivity index is 0.0000137. The third-order valence-corrected chi connectivity index (χ3v) is 17.3. The normalized spacial score (nSPS) is 12.3. The second-order valence-corrected chi connectivity index (χ2v) is 25.0. The van der Waals surface area contributed by atoms with Crippen molar-refractivity contribution >= 4 is 48.6 Å². The molecule has 16 nitrogen and oxygen atoms in total. The van der Waals surface area contributed by atoms with Gasteiger partial charge in [-0.3, -0.25) is 0 Å². The molecule has 0 unspecified atom stereocenters. The second kappa shape index (κ2) is 46.1. The van der Waals surface area contributed by atoms with Gasteiger partial charge in [0.05, 0.1) is 92.5 Å². The van der Waals surface area contributed by atoms with Crippen molar-refractivity contribution < 1.29 is 66.3 Å². The molecular weight excluding hydrogens is 1310 g/mol. The van der Waals surface area contributed by atoms with Crippen LogP contribution in [0.5, 0.6) is 34.5 Å². The van der Waals surface area contributed by atoms with Crippen LogP contribution in [0.1, 0.15) is 99.9 Å². The maximum Gasteiger partial charge on any atom is 0.123 e. The zero-order valence-electron chi connectivity index (χ0n) is 60.5. The third-order valence-electron chi connectivity index (χ3n) is 17.3. The van der Waals surface area contributed by atoms with Crippen molar-refractivity contribution in [2.24, 2.45) is 11.5 Å². The average molecular weight is 1420 g/mol. The number of hydrogen-bond donors (Lipinski definition) is 2. The van der Waals surface area contributed by atoms with Gasteiger partial charge in [0.2, 0.25) is 0 Å². The number of nitrogens with two attached hydrogens (primary N) is 2. The van der Waals surface area contributed by atoms with Crippen LogP contribution < -0.4 is 39.9 Å². The number of hydrogen-bond acceptors (Lipinski definition) is 16. The molecule has 0 atom stereocenters. The summed E-state index contributed by atoms with van der Waals surface area (Å²) in [6.07, 6.45) is 22.1. The highest BCUT2D eigenvalue weighted by Gasteiger charge is 2.44. The summed E-state index contributed by atoms with van der Waals surface area (Å²) < 4.78 is 82.6. The summed E-state index contributed by atoms with van der Waals surface area (Å²) in [4.78, 5) is 0. The van der Waals surface area contributed by atoms with E-state index in [-0.39, 0.29) is 7.43 Å². The van der Waals surface area contributed by atoms with Crippen LogP contribution >= 0.6 is 0 Å². The molecular formula is C88H108N2O14. The van der Waals surface area contributed by atoms with Crippen molar-refractivity contribution in [3.05, 3.63) is 237 Å². The molecule has 1 aliphatic rings. The summed E-state index contributed by atoms with van der Waals surface area (Å²) in [5.41, 5.74) is 25.8. The Morgan fingerprint density at radius 3 is 0.788 bits per heavy atom. The van der Waals surface area contributed by atoms with E-state index in [0.717, 1.165) is 104 Å². The molecule has 0 aromatic heterocycles. The summed E-state index contributed by atoms with van der Waals surface area (Å²) in [6, 6.07) is 59.8. The fraction of sp³-hybridized carbons (Fsp3) is 0.364. The van der Waals surface area contributed by atoms with Crippen molar-refractivity contribution in [3.63, 3.8) is 0 Å². The van der Waals surface area contributed by atoms with Gasteiger partial charge < -0.3 is 77.8 Å². The first-order chi connectivity index (χ1) is 50.8. The Morgan fingerprint density at radius 2 is 0.510 bits per heavy atom. The minimum absolute atomic E-state index is 0. The fourth-order valence-electron chi connectivity index (χ4n) is 12.0. The lowest BCUT2D eigenvalue weighted by molar-refractivity contribution is 0.0532. The van der Waals surface area contributed by atoms with Crippen LogP contribution in [0.3, 0.4) is 0 Å². The first-order valence-electron chi connectivity index (χ1n) is 35.9. The second-order valence-electron chi connectivity index (χ2n) is 25.0. The predicted molar refractivity (Wildman–Crippen MR) is 421 cm³/mol. The molecule has 0 amide bonds. The SMILES string of the molecule is C.COCCOCCOc1cc(CC2(Cc3cc(OCCOCCOC)cc(OCCOCCOC)c3)c3cc(/C=C/c4ccc(/C=C/c5ccc(OCCCCN)cc5)cc4)ccc3-c3ccc(/C=C/c4ccc(/C=C/c5ccc(OCCCCN)cc5)cc4)cc32)cc(OCCOCCOC)c1. The molecule has 554 valence electrons. The fourth-order valence-corrected chi connectivity index (χ4v) is 12.0. The van der Waals surface area contributed by atoms with Crippen LogP contribution in [-0.2, 0) is 56.2 Å². The number of ether oxygens (including phenoxy) is 14. The number of fused-ring (bicyclic) bond motifs is 3. The van der Waals surface area contributed by atoms with Crippen molar-refractivity contribution in [2.75, 3.05) is 160 Å². The number of unbranched alkanes of at least 4 members (excludes halogenated alkanes) is 2. The van der Waals surface area contributed by atoms with Gasteiger partial charge in [-0.25, -0.2) is 0 Å². The first kappa shape index (κ1) is 80.8. The average Bonchev–Trinajstić information content (AvgIpc) is 1.55. The molecule has 8 aromatic carbocycles. The smallest absolute Gasteiger partial charge is 0.123 e. The monoisotopic (exact) mass is 1420 g/mol. The highest BCUT2D eigenvalue weighted by Crippen LogP contribution is 2.54. The maximum atomic E-state index is 6.56. The van der Waals surface area contributed by atoms with Crippen LogP contribution in [0.15, 0.2) is 170 Å².